The normalized spacial score (nSPS) is 17.4. The quantitative estimate of drug-likeness (QED) is 0.0592. The smallest absolute Gasteiger partial charge is 0.418 e. The Morgan fingerprint density at radius 1 is 0.928 bits per heavy atom. The zero-order chi connectivity index (χ0) is 50.8. The number of aryl methyl sites for hydroxylation is 1. The number of benzene rings is 3. The third-order valence-corrected chi connectivity index (χ3v) is 11.6. The molecular formula is C49H61F3N10O7. The van der Waals surface area contributed by atoms with Crippen molar-refractivity contribution in [3.05, 3.63) is 100 Å². The molecule has 2 heterocycles. The Morgan fingerprint density at radius 2 is 1.55 bits per heavy atom. The van der Waals surface area contributed by atoms with Gasteiger partial charge >= 0.3 is 6.18 Å². The van der Waals surface area contributed by atoms with Crippen LogP contribution in [0, 0.1) is 18.3 Å². The Balaban J connectivity index is 1.60. The van der Waals surface area contributed by atoms with E-state index in [1.54, 1.807) is 60.7 Å². The number of aliphatic hydroxyl groups excluding tert-OH is 1. The van der Waals surface area contributed by atoms with Gasteiger partial charge in [-0.15, -0.1) is 0 Å². The third-order valence-electron chi connectivity index (χ3n) is 11.6. The Labute approximate surface area is 399 Å². The summed E-state index contributed by atoms with van der Waals surface area (Å²) in [5.74, 6) is -2.55. The van der Waals surface area contributed by atoms with E-state index in [9.17, 15) is 37.5 Å². The van der Waals surface area contributed by atoms with Gasteiger partial charge in [-0.2, -0.15) is 18.4 Å². The molecule has 3 aromatic carbocycles. The first-order valence-corrected chi connectivity index (χ1v) is 22.4. The molecule has 0 aliphatic carbocycles. The number of likely N-dealkylation sites (N-methyl/N-ethyl adjacent to an activating group) is 1. The summed E-state index contributed by atoms with van der Waals surface area (Å²) in [6, 6.07) is 13.8. The molecule has 1 aromatic heterocycles. The lowest BCUT2D eigenvalue weighted by molar-refractivity contribution is -0.137. The molecule has 1 unspecified atom stereocenters. The van der Waals surface area contributed by atoms with Gasteiger partial charge in [-0.25, -0.2) is 0 Å². The van der Waals surface area contributed by atoms with Crippen LogP contribution in [0.3, 0.4) is 0 Å². The van der Waals surface area contributed by atoms with E-state index in [0.717, 1.165) is 11.6 Å². The van der Waals surface area contributed by atoms with E-state index in [0.29, 0.717) is 28.2 Å². The summed E-state index contributed by atoms with van der Waals surface area (Å²) in [4.78, 5) is 61.3. The standard InChI is InChI=1S/C49H61F3N10O7/c1-27-33(26-36(49(50,51)52)41(58-27)30-8-11-32(12-9-30)48(3,4)5)44(64)60-37(15-16-53)47(67)62(6)42-31-10-14-40(69-22-19-56)35(25-31)34-23-29(7-13-39(34)68-21-18-55)24-38(45(65)57-20-17-54)61-43(63)28(2)59-46(42)66/h7-14,23,25-26,28,37-38,42,47,67H,15-16,18-22,24,53,55-56H2,1-6H3,(H,57,65)(H,59,66)(H,60,64)(H,61,63)/t28-,37-,38-,42-,47?/m0/s1. The molecule has 5 atom stereocenters. The molecule has 11 N–H and O–H groups in total. The Kier molecular flexibility index (Phi) is 17.9. The maximum atomic E-state index is 14.8. The zero-order valence-corrected chi connectivity index (χ0v) is 39.5. The molecule has 0 fully saturated rings. The number of hydrogen-bond acceptors (Lipinski definition) is 13. The number of aromatic nitrogens is 1. The van der Waals surface area contributed by atoms with Gasteiger partial charge in [0.25, 0.3) is 5.91 Å². The zero-order valence-electron chi connectivity index (χ0n) is 39.5. The van der Waals surface area contributed by atoms with Crippen molar-refractivity contribution in [3.8, 4) is 40.0 Å². The lowest BCUT2D eigenvalue weighted by Crippen LogP contribution is -2.57. The highest BCUT2D eigenvalue weighted by Gasteiger charge is 2.39. The Morgan fingerprint density at radius 3 is 2.13 bits per heavy atom. The van der Waals surface area contributed by atoms with Crippen LogP contribution in [0.5, 0.6) is 11.5 Å². The van der Waals surface area contributed by atoms with Crippen LogP contribution in [0.4, 0.5) is 13.2 Å². The number of ether oxygens (including phenoxy) is 2. The van der Waals surface area contributed by atoms with Crippen LogP contribution in [-0.4, -0.2) is 109 Å². The highest BCUT2D eigenvalue weighted by atomic mass is 19.4. The van der Waals surface area contributed by atoms with E-state index >= 15 is 0 Å². The Bertz CT molecular complexity index is 2530. The van der Waals surface area contributed by atoms with Crippen LogP contribution < -0.4 is 47.9 Å². The molecule has 4 amide bonds. The average Bonchev–Trinajstić information content (AvgIpc) is 3.30. The highest BCUT2D eigenvalue weighted by Crippen LogP contribution is 2.41. The second-order valence-corrected chi connectivity index (χ2v) is 17.7. The van der Waals surface area contributed by atoms with E-state index < -0.39 is 71.3 Å². The number of rotatable bonds is 16. The first kappa shape index (κ1) is 53.3. The van der Waals surface area contributed by atoms with Gasteiger partial charge in [0, 0.05) is 36.2 Å². The number of hydrogen-bond donors (Lipinski definition) is 8. The number of fused-ring (bicyclic) bond motifs is 5. The molecule has 69 heavy (non-hydrogen) atoms. The second kappa shape index (κ2) is 23.1. The lowest BCUT2D eigenvalue weighted by Gasteiger charge is -2.37. The number of nitrogens with one attached hydrogen (secondary N) is 4. The van der Waals surface area contributed by atoms with Crippen LogP contribution in [0.2, 0.25) is 0 Å². The van der Waals surface area contributed by atoms with Crippen LogP contribution in [0.25, 0.3) is 22.4 Å². The second-order valence-electron chi connectivity index (χ2n) is 17.7. The monoisotopic (exact) mass is 958 g/mol. The molecule has 370 valence electrons. The SMILES string of the molecule is Cc1nc(-c2ccc(C(C)(C)C)cc2)c(C(F)(F)F)cc1C(=O)N[C@@H](CCN)C(O)N(C)[C@@H]1C(=O)N[C@@H](C)C(=O)N[C@H](C(=O)NCC#N)Cc2ccc(OCCN)c(c2)-c2cc1ccc2OCCN. The molecule has 0 saturated heterocycles. The predicted octanol–water partition coefficient (Wildman–Crippen LogP) is 3.34. The molecule has 0 radical (unpaired) electrons. The summed E-state index contributed by atoms with van der Waals surface area (Å²) in [5, 5.41) is 31.8. The van der Waals surface area contributed by atoms with Gasteiger partial charge in [-0.3, -0.25) is 29.1 Å². The minimum Gasteiger partial charge on any atom is -0.492 e. The maximum Gasteiger partial charge on any atom is 0.418 e. The largest absolute Gasteiger partial charge is 0.492 e. The van der Waals surface area contributed by atoms with Gasteiger partial charge in [-0.05, 0) is 86.3 Å². The first-order valence-electron chi connectivity index (χ1n) is 22.4. The fourth-order valence-corrected chi connectivity index (χ4v) is 7.91. The Hall–Kier alpha value is -6.63. The van der Waals surface area contributed by atoms with Gasteiger partial charge in [0.15, 0.2) is 0 Å². The molecule has 4 bridgehead atoms. The van der Waals surface area contributed by atoms with Crippen LogP contribution in [-0.2, 0) is 32.4 Å². The number of halogens is 3. The van der Waals surface area contributed by atoms with Crippen molar-refractivity contribution in [2.75, 3.05) is 46.4 Å². The van der Waals surface area contributed by atoms with Crippen molar-refractivity contribution in [1.82, 2.24) is 31.2 Å². The minimum absolute atomic E-state index is 0.0180. The number of aliphatic hydroxyl groups is 1. The van der Waals surface area contributed by atoms with E-state index in [1.807, 2.05) is 26.8 Å². The van der Waals surface area contributed by atoms with E-state index in [2.05, 4.69) is 26.3 Å². The molecule has 1 aliphatic heterocycles. The van der Waals surface area contributed by atoms with Crippen molar-refractivity contribution in [2.45, 2.75) is 89.4 Å². The van der Waals surface area contributed by atoms with Gasteiger partial charge < -0.3 is 53.0 Å². The van der Waals surface area contributed by atoms with Gasteiger partial charge in [0.1, 0.15) is 55.6 Å². The van der Waals surface area contributed by atoms with Crippen molar-refractivity contribution >= 4 is 23.6 Å². The highest BCUT2D eigenvalue weighted by molar-refractivity contribution is 5.96. The average molecular weight is 959 g/mol. The number of carbonyl (C=O) groups excluding carboxylic acids is 4. The van der Waals surface area contributed by atoms with E-state index in [4.69, 9.17) is 31.9 Å². The molecule has 4 aromatic rings. The molecule has 0 spiro atoms. The molecule has 0 saturated carbocycles. The number of alkyl halides is 3. The molecule has 20 heteroatoms. The number of nitriles is 1. The summed E-state index contributed by atoms with van der Waals surface area (Å²) in [6.45, 7) is 8.78. The van der Waals surface area contributed by atoms with Crippen LogP contribution in [0.15, 0.2) is 66.7 Å². The molecule has 5 rings (SSSR count). The van der Waals surface area contributed by atoms with Gasteiger partial charge in [0.05, 0.1) is 34.6 Å². The van der Waals surface area contributed by atoms with Gasteiger partial charge in [0.2, 0.25) is 17.7 Å². The minimum atomic E-state index is -4.91. The summed E-state index contributed by atoms with van der Waals surface area (Å²) >= 11 is 0. The van der Waals surface area contributed by atoms with Crippen LogP contribution >= 0.6 is 0 Å². The number of pyridine rings is 1. The predicted molar refractivity (Wildman–Crippen MR) is 252 cm³/mol. The third kappa shape index (κ3) is 13.1. The molecular weight excluding hydrogens is 898 g/mol. The lowest BCUT2D eigenvalue weighted by atomic mass is 9.86. The summed E-state index contributed by atoms with van der Waals surface area (Å²) in [6.07, 6.45) is -6.81. The van der Waals surface area contributed by atoms with Crippen LogP contribution in [0.1, 0.15) is 78.5 Å². The summed E-state index contributed by atoms with van der Waals surface area (Å²) in [5.41, 5.74) is 18.2. The van der Waals surface area contributed by atoms with Crippen molar-refractivity contribution in [3.63, 3.8) is 0 Å². The number of nitrogens with zero attached hydrogens (tertiary/aromatic N) is 3. The van der Waals surface area contributed by atoms with E-state index in [-0.39, 0.29) is 80.2 Å². The van der Waals surface area contributed by atoms with Gasteiger partial charge in [-0.1, -0.05) is 57.2 Å². The number of amides is 4. The van der Waals surface area contributed by atoms with E-state index in [1.165, 1.54) is 25.8 Å². The first-order chi connectivity index (χ1) is 32.6. The number of nitrogens with two attached hydrogens (primary N) is 3. The fourth-order valence-electron chi connectivity index (χ4n) is 7.91. The summed E-state index contributed by atoms with van der Waals surface area (Å²) < 4.78 is 56.4. The number of carbonyl (C=O) groups is 4. The topological polar surface area (TPSA) is 273 Å². The summed E-state index contributed by atoms with van der Waals surface area (Å²) in [7, 11) is 1.39. The van der Waals surface area contributed by atoms with Crippen molar-refractivity contribution in [2.24, 2.45) is 17.2 Å². The fraction of sp³-hybridized carbons (Fsp3) is 0.429. The van der Waals surface area contributed by atoms with Crippen molar-refractivity contribution < 1.29 is 46.9 Å². The molecule has 1 aliphatic rings. The van der Waals surface area contributed by atoms with Crippen molar-refractivity contribution in [1.29, 1.82) is 5.26 Å². The maximum absolute atomic E-state index is 14.8. The molecule has 17 nitrogen and oxygen atoms in total.